The van der Waals surface area contributed by atoms with Crippen LogP contribution >= 0.6 is 0 Å². The molecule has 0 radical (unpaired) electrons. The van der Waals surface area contributed by atoms with Crippen molar-refractivity contribution < 1.29 is 18.9 Å². The zero-order valence-corrected chi connectivity index (χ0v) is 8.22. The van der Waals surface area contributed by atoms with Crippen LogP contribution < -0.4 is 0 Å². The van der Waals surface area contributed by atoms with Crippen molar-refractivity contribution in [1.82, 2.24) is 0 Å². The molecule has 0 aromatic carbocycles. The van der Waals surface area contributed by atoms with Gasteiger partial charge in [0.15, 0.2) is 0 Å². The average Bonchev–Trinajstić information content (AvgIpc) is 2.55. The van der Waals surface area contributed by atoms with Crippen molar-refractivity contribution in [2.24, 2.45) is 0 Å². The molecule has 0 aliphatic carbocycles. The van der Waals surface area contributed by atoms with Crippen LogP contribution in [0.3, 0.4) is 0 Å². The van der Waals surface area contributed by atoms with E-state index in [1.165, 1.54) is 19.3 Å². The molecule has 6 nitrogen and oxygen atoms in total. The van der Waals surface area contributed by atoms with E-state index in [9.17, 15) is 14.9 Å². The van der Waals surface area contributed by atoms with Crippen molar-refractivity contribution in [3.8, 4) is 0 Å². The SMILES string of the molecule is COC(=O)c1cc(C=C[N+](=O)[O-])oc1C. The molecular formula is C9H9NO5. The van der Waals surface area contributed by atoms with E-state index in [1.807, 2.05) is 0 Å². The van der Waals surface area contributed by atoms with Crippen molar-refractivity contribution in [3.63, 3.8) is 0 Å². The summed E-state index contributed by atoms with van der Waals surface area (Å²) in [5, 5.41) is 10.0. The van der Waals surface area contributed by atoms with E-state index in [2.05, 4.69) is 4.74 Å². The molecule has 0 unspecified atom stereocenters. The van der Waals surface area contributed by atoms with Crippen LogP contribution in [0.5, 0.6) is 0 Å². The van der Waals surface area contributed by atoms with E-state index < -0.39 is 10.9 Å². The van der Waals surface area contributed by atoms with Gasteiger partial charge < -0.3 is 9.15 Å². The zero-order chi connectivity index (χ0) is 11.4. The number of furan rings is 1. The summed E-state index contributed by atoms with van der Waals surface area (Å²) < 4.78 is 9.60. The summed E-state index contributed by atoms with van der Waals surface area (Å²) in [6.45, 7) is 1.58. The molecular weight excluding hydrogens is 202 g/mol. The van der Waals surface area contributed by atoms with Gasteiger partial charge in [-0.05, 0) is 13.0 Å². The lowest BCUT2D eigenvalue weighted by Gasteiger charge is -1.93. The van der Waals surface area contributed by atoms with Gasteiger partial charge in [0.1, 0.15) is 17.1 Å². The molecule has 6 heteroatoms. The molecule has 0 amide bonds. The van der Waals surface area contributed by atoms with E-state index >= 15 is 0 Å². The van der Waals surface area contributed by atoms with E-state index in [1.54, 1.807) is 6.92 Å². The molecule has 0 atom stereocenters. The highest BCUT2D eigenvalue weighted by Crippen LogP contribution is 2.16. The van der Waals surface area contributed by atoms with Gasteiger partial charge in [0, 0.05) is 0 Å². The van der Waals surface area contributed by atoms with Gasteiger partial charge in [-0.25, -0.2) is 4.79 Å². The van der Waals surface area contributed by atoms with Crippen LogP contribution in [0.15, 0.2) is 16.7 Å². The maximum atomic E-state index is 11.1. The average molecular weight is 211 g/mol. The Balaban J connectivity index is 2.95. The van der Waals surface area contributed by atoms with E-state index in [-0.39, 0.29) is 11.3 Å². The van der Waals surface area contributed by atoms with Crippen LogP contribution in [0.4, 0.5) is 0 Å². The molecule has 0 aliphatic rings. The molecule has 0 saturated carbocycles. The van der Waals surface area contributed by atoms with Crippen LogP contribution in [0.1, 0.15) is 21.9 Å². The van der Waals surface area contributed by atoms with E-state index in [0.717, 1.165) is 6.20 Å². The number of rotatable bonds is 3. The zero-order valence-electron chi connectivity index (χ0n) is 8.22. The number of methoxy groups -OCH3 is 1. The molecule has 80 valence electrons. The van der Waals surface area contributed by atoms with Gasteiger partial charge in [0.05, 0.1) is 18.1 Å². The maximum Gasteiger partial charge on any atom is 0.341 e. The van der Waals surface area contributed by atoms with Gasteiger partial charge in [-0.15, -0.1) is 0 Å². The number of carbonyl (C=O) groups excluding carboxylic acids is 1. The Morgan fingerprint density at radius 1 is 1.67 bits per heavy atom. The quantitative estimate of drug-likeness (QED) is 0.431. The van der Waals surface area contributed by atoms with Crippen molar-refractivity contribution in [2.45, 2.75) is 6.92 Å². The lowest BCUT2D eigenvalue weighted by atomic mass is 10.2. The Morgan fingerprint density at radius 3 is 2.87 bits per heavy atom. The summed E-state index contributed by atoms with van der Waals surface area (Å²) >= 11 is 0. The molecule has 0 spiro atoms. The van der Waals surface area contributed by atoms with Gasteiger partial charge in [0.2, 0.25) is 6.20 Å². The highest BCUT2D eigenvalue weighted by atomic mass is 16.6. The molecule has 1 aromatic rings. The second-order valence-electron chi connectivity index (χ2n) is 2.71. The molecule has 0 N–H and O–H groups in total. The fourth-order valence-corrected chi connectivity index (χ4v) is 1.03. The first-order valence-corrected chi connectivity index (χ1v) is 4.05. The summed E-state index contributed by atoms with van der Waals surface area (Å²) in [6, 6.07) is 1.39. The number of hydrogen-bond acceptors (Lipinski definition) is 5. The van der Waals surface area contributed by atoms with Crippen molar-refractivity contribution in [1.29, 1.82) is 0 Å². The predicted molar refractivity (Wildman–Crippen MR) is 50.8 cm³/mol. The summed E-state index contributed by atoms with van der Waals surface area (Å²) in [6.07, 6.45) is 1.90. The number of hydrogen-bond donors (Lipinski definition) is 0. The Kier molecular flexibility index (Phi) is 3.22. The summed E-state index contributed by atoms with van der Waals surface area (Å²) in [4.78, 5) is 20.6. The lowest BCUT2D eigenvalue weighted by Crippen LogP contribution is -2.00. The highest BCUT2D eigenvalue weighted by molar-refractivity contribution is 5.90. The number of aryl methyl sites for hydroxylation is 1. The molecule has 0 bridgehead atoms. The standard InChI is InChI=1S/C9H9NO5/c1-6-8(9(11)14-2)5-7(15-6)3-4-10(12)13/h3-5H,1-2H3. The molecule has 0 aliphatic heterocycles. The first-order chi connectivity index (χ1) is 7.04. The predicted octanol–water partition coefficient (Wildman–Crippen LogP) is 1.62. The number of ether oxygens (including phenoxy) is 1. The highest BCUT2D eigenvalue weighted by Gasteiger charge is 2.14. The Morgan fingerprint density at radius 2 is 2.33 bits per heavy atom. The van der Waals surface area contributed by atoms with Crippen LogP contribution in [-0.2, 0) is 4.74 Å². The molecule has 1 rings (SSSR count). The van der Waals surface area contributed by atoms with Crippen molar-refractivity contribution in [3.05, 3.63) is 39.5 Å². The van der Waals surface area contributed by atoms with Gasteiger partial charge in [-0.3, -0.25) is 10.1 Å². The third-order valence-corrected chi connectivity index (χ3v) is 1.70. The van der Waals surface area contributed by atoms with Crippen molar-refractivity contribution >= 4 is 12.0 Å². The van der Waals surface area contributed by atoms with Crippen LogP contribution in [0, 0.1) is 17.0 Å². The number of nitrogens with zero attached hydrogens (tertiary/aromatic N) is 1. The molecule has 0 fully saturated rings. The minimum absolute atomic E-state index is 0.240. The third kappa shape index (κ3) is 2.67. The Bertz CT molecular complexity index is 418. The summed E-state index contributed by atoms with van der Waals surface area (Å²) in [5.74, 6) is 0.0754. The molecule has 1 aromatic heterocycles. The summed E-state index contributed by atoms with van der Waals surface area (Å²) in [7, 11) is 1.25. The fourth-order valence-electron chi connectivity index (χ4n) is 1.03. The van der Waals surface area contributed by atoms with Crippen LogP contribution in [0.25, 0.3) is 6.08 Å². The van der Waals surface area contributed by atoms with Gasteiger partial charge >= 0.3 is 5.97 Å². The minimum Gasteiger partial charge on any atom is -0.465 e. The van der Waals surface area contributed by atoms with Crippen molar-refractivity contribution in [2.75, 3.05) is 7.11 Å². The second kappa shape index (κ2) is 4.41. The van der Waals surface area contributed by atoms with Crippen LogP contribution in [-0.4, -0.2) is 18.0 Å². The number of nitro groups is 1. The first-order valence-electron chi connectivity index (χ1n) is 4.05. The summed E-state index contributed by atoms with van der Waals surface area (Å²) in [5.41, 5.74) is 0.264. The Labute approximate surface area is 85.3 Å². The van der Waals surface area contributed by atoms with Gasteiger partial charge in [-0.2, -0.15) is 0 Å². The minimum atomic E-state index is -0.615. The Hall–Kier alpha value is -2.11. The van der Waals surface area contributed by atoms with Gasteiger partial charge in [0.25, 0.3) is 0 Å². The topological polar surface area (TPSA) is 82.6 Å². The number of esters is 1. The molecule has 15 heavy (non-hydrogen) atoms. The fraction of sp³-hybridized carbons (Fsp3) is 0.222. The third-order valence-electron chi connectivity index (χ3n) is 1.70. The number of carbonyl (C=O) groups is 1. The van der Waals surface area contributed by atoms with E-state index in [0.29, 0.717) is 5.76 Å². The lowest BCUT2D eigenvalue weighted by molar-refractivity contribution is -0.401. The molecule has 1 heterocycles. The van der Waals surface area contributed by atoms with E-state index in [4.69, 9.17) is 4.42 Å². The largest absolute Gasteiger partial charge is 0.465 e. The van der Waals surface area contributed by atoms with Gasteiger partial charge in [-0.1, -0.05) is 0 Å². The van der Waals surface area contributed by atoms with Crippen LogP contribution in [0.2, 0.25) is 0 Å². The first kappa shape index (κ1) is 11.0. The second-order valence-corrected chi connectivity index (χ2v) is 2.71. The smallest absolute Gasteiger partial charge is 0.341 e. The maximum absolute atomic E-state index is 11.1. The monoisotopic (exact) mass is 211 g/mol. The normalized spacial score (nSPS) is 10.5. The molecule has 0 saturated heterocycles.